The van der Waals surface area contributed by atoms with Crippen molar-refractivity contribution in [1.29, 1.82) is 5.41 Å². The first-order chi connectivity index (χ1) is 8.25. The maximum Gasteiger partial charge on any atom is 0.122 e. The molecule has 1 saturated heterocycles. The molecule has 0 radical (unpaired) electrons. The quantitative estimate of drug-likeness (QED) is 0.650. The second-order valence-corrected chi connectivity index (χ2v) is 4.23. The van der Waals surface area contributed by atoms with Gasteiger partial charge in [-0.2, -0.15) is 0 Å². The van der Waals surface area contributed by atoms with Crippen LogP contribution in [0.25, 0.3) is 0 Å². The van der Waals surface area contributed by atoms with E-state index in [-0.39, 0.29) is 18.2 Å². The summed E-state index contributed by atoms with van der Waals surface area (Å²) >= 11 is 0. The highest BCUT2D eigenvalue weighted by atomic mass is 35.5. The number of nitrogen functional groups attached to an aromatic ring is 1. The smallest absolute Gasteiger partial charge is 0.122 e. The van der Waals surface area contributed by atoms with Crippen molar-refractivity contribution in [3.8, 4) is 0 Å². The summed E-state index contributed by atoms with van der Waals surface area (Å²) in [7, 11) is 0. The highest BCUT2D eigenvalue weighted by Crippen LogP contribution is 2.13. The van der Waals surface area contributed by atoms with E-state index in [0.717, 1.165) is 37.2 Å². The normalized spacial score (nSPS) is 16.0. The number of nitrogens with one attached hydrogen (secondary N) is 1. The summed E-state index contributed by atoms with van der Waals surface area (Å²) in [5, 5.41) is 7.30. The average molecular weight is 271 g/mol. The predicted octanol–water partition coefficient (Wildman–Crippen LogP) is 2.09. The lowest BCUT2D eigenvalue weighted by Gasteiger charge is -2.22. The first-order valence-corrected chi connectivity index (χ1v) is 5.88. The maximum absolute atomic E-state index is 7.30. The minimum Gasteiger partial charge on any atom is -0.384 e. The zero-order valence-corrected chi connectivity index (χ0v) is 11.0. The molecule has 1 heterocycles. The van der Waals surface area contributed by atoms with Gasteiger partial charge in [0, 0.05) is 18.8 Å². The molecule has 0 amide bonds. The van der Waals surface area contributed by atoms with Crippen molar-refractivity contribution in [2.24, 2.45) is 5.73 Å². The molecule has 0 unspecified atom stereocenters. The lowest BCUT2D eigenvalue weighted by molar-refractivity contribution is -0.0390. The molecule has 4 nitrogen and oxygen atoms in total. The molecule has 0 aromatic heterocycles. The molecule has 18 heavy (non-hydrogen) atoms. The Bertz CT molecular complexity index is 375. The fourth-order valence-corrected chi connectivity index (χ4v) is 1.84. The third kappa shape index (κ3) is 4.29. The van der Waals surface area contributed by atoms with E-state index < -0.39 is 0 Å². The number of hydrogen-bond donors (Lipinski definition) is 2. The Hall–Kier alpha value is -1.10. The van der Waals surface area contributed by atoms with Gasteiger partial charge in [0.25, 0.3) is 0 Å². The van der Waals surface area contributed by atoms with E-state index in [2.05, 4.69) is 0 Å². The lowest BCUT2D eigenvalue weighted by atomic mass is 10.1. The standard InChI is InChI=1S/C13H18N2O2.ClH/c14-13(15)11-3-1-10(2-4-11)9-17-12-5-7-16-8-6-12;/h1-4,12H,5-9H2,(H3,14,15);1H. The zero-order valence-electron chi connectivity index (χ0n) is 10.2. The van der Waals surface area contributed by atoms with Crippen molar-refractivity contribution >= 4 is 18.2 Å². The molecule has 0 bridgehead atoms. The van der Waals surface area contributed by atoms with E-state index >= 15 is 0 Å². The Morgan fingerprint density at radius 2 is 1.89 bits per heavy atom. The van der Waals surface area contributed by atoms with Crippen molar-refractivity contribution in [3.63, 3.8) is 0 Å². The lowest BCUT2D eigenvalue weighted by Crippen LogP contribution is -2.23. The summed E-state index contributed by atoms with van der Waals surface area (Å²) in [4.78, 5) is 0. The summed E-state index contributed by atoms with van der Waals surface area (Å²) in [6, 6.07) is 7.61. The van der Waals surface area contributed by atoms with Crippen LogP contribution in [-0.2, 0) is 16.1 Å². The van der Waals surface area contributed by atoms with Crippen LogP contribution in [0.15, 0.2) is 24.3 Å². The largest absolute Gasteiger partial charge is 0.384 e. The van der Waals surface area contributed by atoms with Gasteiger partial charge in [0.05, 0.1) is 12.7 Å². The topological polar surface area (TPSA) is 68.3 Å². The highest BCUT2D eigenvalue weighted by Gasteiger charge is 2.13. The average Bonchev–Trinajstić information content (AvgIpc) is 2.38. The Kier molecular flexibility index (Phi) is 6.12. The molecule has 0 saturated carbocycles. The molecule has 3 N–H and O–H groups in total. The summed E-state index contributed by atoms with van der Waals surface area (Å²) in [5.74, 6) is 0.0990. The number of nitrogens with two attached hydrogens (primary N) is 1. The molecule has 1 fully saturated rings. The Balaban J connectivity index is 0.00000162. The van der Waals surface area contributed by atoms with E-state index in [1.165, 1.54) is 0 Å². The van der Waals surface area contributed by atoms with Crippen LogP contribution in [0, 0.1) is 5.41 Å². The highest BCUT2D eigenvalue weighted by molar-refractivity contribution is 5.94. The molecule has 0 spiro atoms. The summed E-state index contributed by atoms with van der Waals surface area (Å²) in [5.41, 5.74) is 7.26. The SMILES string of the molecule is Cl.N=C(N)c1ccc(COC2CCOCC2)cc1. The van der Waals surface area contributed by atoms with Gasteiger partial charge in [0.2, 0.25) is 0 Å². The molecule has 1 aromatic carbocycles. The molecule has 1 aromatic rings. The number of benzene rings is 1. The van der Waals surface area contributed by atoms with Crippen molar-refractivity contribution in [3.05, 3.63) is 35.4 Å². The van der Waals surface area contributed by atoms with E-state index in [0.29, 0.717) is 12.7 Å². The fraction of sp³-hybridized carbons (Fsp3) is 0.462. The van der Waals surface area contributed by atoms with Crippen LogP contribution < -0.4 is 5.73 Å². The van der Waals surface area contributed by atoms with Gasteiger partial charge in [0.15, 0.2) is 0 Å². The summed E-state index contributed by atoms with van der Waals surface area (Å²) in [6.07, 6.45) is 2.27. The van der Waals surface area contributed by atoms with Gasteiger partial charge >= 0.3 is 0 Å². The van der Waals surface area contributed by atoms with Crippen molar-refractivity contribution in [2.45, 2.75) is 25.6 Å². The van der Waals surface area contributed by atoms with Crippen molar-refractivity contribution in [2.75, 3.05) is 13.2 Å². The monoisotopic (exact) mass is 270 g/mol. The minimum absolute atomic E-state index is 0. The molecule has 0 atom stereocenters. The number of rotatable bonds is 4. The molecule has 1 aliphatic rings. The molecule has 5 heteroatoms. The van der Waals surface area contributed by atoms with Gasteiger partial charge in [-0.3, -0.25) is 5.41 Å². The Morgan fingerprint density at radius 3 is 2.44 bits per heavy atom. The number of halogens is 1. The van der Waals surface area contributed by atoms with Gasteiger partial charge in [-0.15, -0.1) is 12.4 Å². The third-order valence-corrected chi connectivity index (χ3v) is 2.92. The van der Waals surface area contributed by atoms with Crippen LogP contribution in [0.5, 0.6) is 0 Å². The first kappa shape index (κ1) is 15.0. The van der Waals surface area contributed by atoms with Gasteiger partial charge in [-0.25, -0.2) is 0 Å². The van der Waals surface area contributed by atoms with Crippen LogP contribution in [0.4, 0.5) is 0 Å². The van der Waals surface area contributed by atoms with E-state index in [1.54, 1.807) is 0 Å². The molecule has 2 rings (SSSR count). The fourth-order valence-electron chi connectivity index (χ4n) is 1.84. The molecule has 100 valence electrons. The van der Waals surface area contributed by atoms with Crippen molar-refractivity contribution < 1.29 is 9.47 Å². The van der Waals surface area contributed by atoms with Crippen LogP contribution in [0.1, 0.15) is 24.0 Å². The second-order valence-electron chi connectivity index (χ2n) is 4.23. The van der Waals surface area contributed by atoms with Crippen LogP contribution in [0.3, 0.4) is 0 Å². The van der Waals surface area contributed by atoms with Crippen LogP contribution >= 0.6 is 12.4 Å². The summed E-state index contributed by atoms with van der Waals surface area (Å²) < 4.78 is 11.1. The first-order valence-electron chi connectivity index (χ1n) is 5.88. The van der Waals surface area contributed by atoms with Gasteiger partial charge < -0.3 is 15.2 Å². The maximum atomic E-state index is 7.30. The van der Waals surface area contributed by atoms with Crippen LogP contribution in [0.2, 0.25) is 0 Å². The van der Waals surface area contributed by atoms with Crippen molar-refractivity contribution in [1.82, 2.24) is 0 Å². The van der Waals surface area contributed by atoms with Gasteiger partial charge in [-0.05, 0) is 18.4 Å². The minimum atomic E-state index is 0. The van der Waals surface area contributed by atoms with E-state index in [9.17, 15) is 0 Å². The molecule has 0 aliphatic carbocycles. The second kappa shape index (κ2) is 7.36. The molecular formula is C13H19ClN2O2. The Labute approximate surface area is 113 Å². The van der Waals surface area contributed by atoms with E-state index in [1.807, 2.05) is 24.3 Å². The summed E-state index contributed by atoms with van der Waals surface area (Å²) in [6.45, 7) is 2.21. The number of hydrogen-bond acceptors (Lipinski definition) is 3. The molecular weight excluding hydrogens is 252 g/mol. The molecule has 1 aliphatic heterocycles. The Morgan fingerprint density at radius 1 is 1.28 bits per heavy atom. The zero-order chi connectivity index (χ0) is 12.1. The van der Waals surface area contributed by atoms with Crippen LogP contribution in [-0.4, -0.2) is 25.2 Å². The number of ether oxygens (including phenoxy) is 2. The van der Waals surface area contributed by atoms with E-state index in [4.69, 9.17) is 20.6 Å². The third-order valence-electron chi connectivity index (χ3n) is 2.92. The predicted molar refractivity (Wildman–Crippen MR) is 73.3 cm³/mol. The van der Waals surface area contributed by atoms with Gasteiger partial charge in [-0.1, -0.05) is 24.3 Å². The number of amidine groups is 1. The van der Waals surface area contributed by atoms with Gasteiger partial charge in [0.1, 0.15) is 5.84 Å².